The first-order valence-electron chi connectivity index (χ1n) is 9.10. The molecule has 3 rings (SSSR count). The number of amides is 2. The van der Waals surface area contributed by atoms with Crippen molar-refractivity contribution in [2.75, 3.05) is 24.2 Å². The molecule has 7 heteroatoms. The van der Waals surface area contributed by atoms with Crippen molar-refractivity contribution in [2.45, 2.75) is 11.8 Å². The molecular formula is C22H21ClN2O3S. The van der Waals surface area contributed by atoms with Crippen LogP contribution < -0.4 is 15.4 Å². The number of halogens is 1. The van der Waals surface area contributed by atoms with Gasteiger partial charge in [-0.3, -0.25) is 9.59 Å². The van der Waals surface area contributed by atoms with E-state index in [1.165, 1.54) is 18.7 Å². The Labute approximate surface area is 178 Å². The van der Waals surface area contributed by atoms with Crippen LogP contribution in [0, 0.1) is 0 Å². The number of hydrogen-bond acceptors (Lipinski definition) is 4. The summed E-state index contributed by atoms with van der Waals surface area (Å²) in [7, 11) is 0. The van der Waals surface area contributed by atoms with Crippen molar-refractivity contribution in [3.05, 3.63) is 65.7 Å². The van der Waals surface area contributed by atoms with Crippen LogP contribution in [0.15, 0.2) is 65.6 Å². The van der Waals surface area contributed by atoms with E-state index < -0.39 is 0 Å². The van der Waals surface area contributed by atoms with Crippen molar-refractivity contribution in [1.29, 1.82) is 0 Å². The van der Waals surface area contributed by atoms with Gasteiger partial charge in [-0.1, -0.05) is 41.9 Å². The number of ether oxygens (including phenoxy) is 1. The predicted octanol–water partition coefficient (Wildman–Crippen LogP) is 4.74. The maximum absolute atomic E-state index is 12.2. The van der Waals surface area contributed by atoms with E-state index in [9.17, 15) is 9.59 Å². The molecule has 0 radical (unpaired) electrons. The molecule has 0 aliphatic carbocycles. The fraction of sp³-hybridized carbons (Fsp3) is 0.182. The Morgan fingerprint density at radius 2 is 1.83 bits per heavy atom. The molecule has 0 saturated heterocycles. The summed E-state index contributed by atoms with van der Waals surface area (Å²) >= 11 is 7.78. The van der Waals surface area contributed by atoms with E-state index in [4.69, 9.17) is 16.3 Å². The molecule has 0 bridgehead atoms. The van der Waals surface area contributed by atoms with Crippen molar-refractivity contribution >= 4 is 51.6 Å². The Hall–Kier alpha value is -2.70. The fourth-order valence-corrected chi connectivity index (χ4v) is 4.08. The van der Waals surface area contributed by atoms with E-state index in [2.05, 4.69) is 10.6 Å². The Morgan fingerprint density at radius 1 is 1.07 bits per heavy atom. The highest BCUT2D eigenvalue weighted by atomic mass is 35.5. The third-order valence-electron chi connectivity index (χ3n) is 4.02. The largest absolute Gasteiger partial charge is 0.492 e. The number of nitrogens with one attached hydrogen (secondary N) is 2. The van der Waals surface area contributed by atoms with Gasteiger partial charge in [-0.25, -0.2) is 0 Å². The molecule has 0 heterocycles. The molecule has 150 valence electrons. The highest BCUT2D eigenvalue weighted by molar-refractivity contribution is 8.00. The smallest absolute Gasteiger partial charge is 0.230 e. The zero-order valence-electron chi connectivity index (χ0n) is 15.9. The third-order valence-corrected chi connectivity index (χ3v) is 5.39. The lowest BCUT2D eigenvalue weighted by atomic mass is 10.1. The highest BCUT2D eigenvalue weighted by Crippen LogP contribution is 2.33. The lowest BCUT2D eigenvalue weighted by Crippen LogP contribution is -2.29. The molecule has 0 unspecified atom stereocenters. The molecule has 0 saturated carbocycles. The molecule has 5 nitrogen and oxygen atoms in total. The average Bonchev–Trinajstić information content (AvgIpc) is 2.69. The van der Waals surface area contributed by atoms with Gasteiger partial charge in [0.15, 0.2) is 0 Å². The first-order chi connectivity index (χ1) is 14.0. The Balaban J connectivity index is 1.45. The van der Waals surface area contributed by atoms with E-state index in [0.717, 1.165) is 15.7 Å². The van der Waals surface area contributed by atoms with E-state index in [-0.39, 0.29) is 11.8 Å². The summed E-state index contributed by atoms with van der Waals surface area (Å²) in [6, 6.07) is 18.8. The summed E-state index contributed by atoms with van der Waals surface area (Å²) in [6.07, 6.45) is 0. The molecule has 3 aromatic rings. The molecule has 0 fully saturated rings. The minimum atomic E-state index is -0.139. The Bertz CT molecular complexity index is 1020. The second kappa shape index (κ2) is 10.2. The third kappa shape index (κ3) is 6.14. The van der Waals surface area contributed by atoms with Crippen LogP contribution >= 0.6 is 23.4 Å². The van der Waals surface area contributed by atoms with Crippen LogP contribution in [0.25, 0.3) is 10.8 Å². The lowest BCUT2D eigenvalue weighted by Gasteiger charge is -2.10. The number of carbonyl (C=O) groups is 2. The van der Waals surface area contributed by atoms with Crippen LogP contribution in [0.3, 0.4) is 0 Å². The van der Waals surface area contributed by atoms with Crippen molar-refractivity contribution in [3.63, 3.8) is 0 Å². The van der Waals surface area contributed by atoms with Crippen LogP contribution in [0.1, 0.15) is 6.92 Å². The maximum Gasteiger partial charge on any atom is 0.230 e. The van der Waals surface area contributed by atoms with Gasteiger partial charge in [0, 0.05) is 34.0 Å². The predicted molar refractivity (Wildman–Crippen MR) is 119 cm³/mol. The van der Waals surface area contributed by atoms with E-state index in [1.807, 2.05) is 36.4 Å². The van der Waals surface area contributed by atoms with Crippen molar-refractivity contribution in [3.8, 4) is 5.75 Å². The molecule has 0 aliphatic rings. The van der Waals surface area contributed by atoms with Gasteiger partial charge >= 0.3 is 0 Å². The number of fused-ring (bicyclic) bond motifs is 1. The van der Waals surface area contributed by atoms with Crippen LogP contribution in [0.2, 0.25) is 5.02 Å². The minimum Gasteiger partial charge on any atom is -0.492 e. The summed E-state index contributed by atoms with van der Waals surface area (Å²) in [6.45, 7) is 2.17. The van der Waals surface area contributed by atoms with Gasteiger partial charge in [0.2, 0.25) is 11.8 Å². The monoisotopic (exact) mass is 428 g/mol. The molecule has 2 amide bonds. The second-order valence-corrected chi connectivity index (χ2v) is 7.71. The molecular weight excluding hydrogens is 408 g/mol. The van der Waals surface area contributed by atoms with E-state index >= 15 is 0 Å². The molecule has 0 spiro atoms. The Morgan fingerprint density at radius 3 is 2.62 bits per heavy atom. The maximum atomic E-state index is 12.2. The molecule has 0 aliphatic heterocycles. The zero-order valence-corrected chi connectivity index (χ0v) is 17.5. The van der Waals surface area contributed by atoms with Crippen molar-refractivity contribution in [1.82, 2.24) is 5.32 Å². The first kappa shape index (κ1) is 21.0. The fourth-order valence-electron chi connectivity index (χ4n) is 2.80. The zero-order chi connectivity index (χ0) is 20.6. The van der Waals surface area contributed by atoms with Crippen LogP contribution in [0.5, 0.6) is 5.75 Å². The number of thioether (sulfide) groups is 1. The summed E-state index contributed by atoms with van der Waals surface area (Å²) in [4.78, 5) is 24.2. The number of rotatable bonds is 8. The van der Waals surface area contributed by atoms with E-state index in [1.54, 1.807) is 24.3 Å². The standard InChI is InChI=1S/C22H21ClN2O3S/c1-15(26)25-17-7-4-8-18(13-17)28-12-11-24-21(27)14-29-20-10-3-6-16-5-2-9-19(23)22(16)20/h2-10,13H,11-12,14H2,1H3,(H,24,27)(H,25,26). The summed E-state index contributed by atoms with van der Waals surface area (Å²) in [5.74, 6) is 0.710. The van der Waals surface area contributed by atoms with Gasteiger partial charge < -0.3 is 15.4 Å². The molecule has 2 N–H and O–H groups in total. The number of anilines is 1. The Kier molecular flexibility index (Phi) is 7.38. The number of carbonyl (C=O) groups excluding carboxylic acids is 2. The van der Waals surface area contributed by atoms with Gasteiger partial charge in [0.25, 0.3) is 0 Å². The van der Waals surface area contributed by atoms with Gasteiger partial charge in [-0.15, -0.1) is 11.8 Å². The number of hydrogen-bond donors (Lipinski definition) is 2. The number of benzene rings is 3. The highest BCUT2D eigenvalue weighted by Gasteiger charge is 2.08. The topological polar surface area (TPSA) is 67.4 Å². The summed E-state index contributed by atoms with van der Waals surface area (Å²) in [5, 5.41) is 8.25. The van der Waals surface area contributed by atoms with Crippen LogP contribution in [0.4, 0.5) is 5.69 Å². The van der Waals surface area contributed by atoms with E-state index in [0.29, 0.717) is 35.4 Å². The van der Waals surface area contributed by atoms with Crippen molar-refractivity contribution in [2.24, 2.45) is 0 Å². The molecule has 3 aromatic carbocycles. The lowest BCUT2D eigenvalue weighted by molar-refractivity contribution is -0.118. The van der Waals surface area contributed by atoms with Crippen LogP contribution in [-0.4, -0.2) is 30.7 Å². The second-order valence-electron chi connectivity index (χ2n) is 6.29. The normalized spacial score (nSPS) is 10.6. The molecule has 29 heavy (non-hydrogen) atoms. The quantitative estimate of drug-likeness (QED) is 0.401. The summed E-state index contributed by atoms with van der Waals surface area (Å²) in [5.41, 5.74) is 0.671. The first-order valence-corrected chi connectivity index (χ1v) is 10.5. The van der Waals surface area contributed by atoms with Gasteiger partial charge in [-0.2, -0.15) is 0 Å². The van der Waals surface area contributed by atoms with Crippen molar-refractivity contribution < 1.29 is 14.3 Å². The molecule has 0 aromatic heterocycles. The SMILES string of the molecule is CC(=O)Nc1cccc(OCCNC(=O)CSc2cccc3cccc(Cl)c23)c1. The minimum absolute atomic E-state index is 0.0744. The summed E-state index contributed by atoms with van der Waals surface area (Å²) < 4.78 is 5.62. The average molecular weight is 429 g/mol. The van der Waals surface area contributed by atoms with Gasteiger partial charge in [0.1, 0.15) is 12.4 Å². The van der Waals surface area contributed by atoms with Gasteiger partial charge in [-0.05, 0) is 29.7 Å². The van der Waals surface area contributed by atoms with Crippen LogP contribution in [-0.2, 0) is 9.59 Å². The molecule has 0 atom stereocenters. The van der Waals surface area contributed by atoms with Gasteiger partial charge in [0.05, 0.1) is 12.3 Å².